The highest BCUT2D eigenvalue weighted by Crippen LogP contribution is 2.37. The van der Waals surface area contributed by atoms with Crippen molar-refractivity contribution < 1.29 is 39.1 Å². The minimum atomic E-state index is -1.12. The number of ether oxygens (including phenoxy) is 3. The van der Waals surface area contributed by atoms with Crippen LogP contribution >= 0.6 is 0 Å². The first kappa shape index (κ1) is 37.2. The Kier molecular flexibility index (Phi) is 14.1. The lowest BCUT2D eigenvalue weighted by Gasteiger charge is -2.30. The van der Waals surface area contributed by atoms with E-state index in [2.05, 4.69) is 17.3 Å². The number of nitrogens with one attached hydrogen (secondary N) is 1. The molecule has 0 aromatic rings. The summed E-state index contributed by atoms with van der Waals surface area (Å²) < 4.78 is 17.5. The minimum Gasteiger partial charge on any atom is -0.457 e. The number of piperidine rings is 1. The SMILES string of the molecule is CCC(O)C(C)C1OC1CC(C)(O)/C=C/C=C(\C)C1OC(=O)CC(O)CCC(C)C(OC(=O)NC2CCN(C)CC2)/C=C/C1C. The lowest BCUT2D eigenvalue weighted by molar-refractivity contribution is -0.151. The van der Waals surface area contributed by atoms with Crippen molar-refractivity contribution in [2.24, 2.45) is 17.8 Å². The Morgan fingerprint density at radius 3 is 2.58 bits per heavy atom. The van der Waals surface area contributed by atoms with Gasteiger partial charge in [-0.25, -0.2) is 4.79 Å². The van der Waals surface area contributed by atoms with Gasteiger partial charge in [0.1, 0.15) is 12.2 Å². The van der Waals surface area contributed by atoms with Crippen LogP contribution in [-0.2, 0) is 19.0 Å². The van der Waals surface area contributed by atoms with Crippen molar-refractivity contribution in [2.75, 3.05) is 20.1 Å². The molecule has 45 heavy (non-hydrogen) atoms. The second-order valence-electron chi connectivity index (χ2n) is 14.0. The zero-order chi connectivity index (χ0) is 33.3. The number of nitrogens with zero attached hydrogens (tertiary/aromatic N) is 1. The first-order valence-electron chi connectivity index (χ1n) is 16.8. The summed E-state index contributed by atoms with van der Waals surface area (Å²) in [6, 6.07) is 0.0844. The van der Waals surface area contributed by atoms with Crippen LogP contribution in [0.4, 0.5) is 4.79 Å². The van der Waals surface area contributed by atoms with Gasteiger partial charge >= 0.3 is 12.1 Å². The van der Waals surface area contributed by atoms with Crippen molar-refractivity contribution in [3.8, 4) is 0 Å². The predicted molar refractivity (Wildman–Crippen MR) is 173 cm³/mol. The summed E-state index contributed by atoms with van der Waals surface area (Å²) in [5.41, 5.74) is -0.356. The van der Waals surface area contributed by atoms with Crippen molar-refractivity contribution in [3.05, 3.63) is 36.0 Å². The van der Waals surface area contributed by atoms with E-state index in [0.717, 1.165) is 31.5 Å². The van der Waals surface area contributed by atoms with Gasteiger partial charge in [-0.2, -0.15) is 0 Å². The van der Waals surface area contributed by atoms with Gasteiger partial charge in [0.2, 0.25) is 0 Å². The number of hydrogen-bond donors (Lipinski definition) is 4. The van der Waals surface area contributed by atoms with E-state index < -0.39 is 42.1 Å². The quantitative estimate of drug-likeness (QED) is 0.120. The zero-order valence-electron chi connectivity index (χ0n) is 28.4. The molecule has 0 aromatic carbocycles. The topological polar surface area (TPSA) is 141 Å². The summed E-state index contributed by atoms with van der Waals surface area (Å²) in [5, 5.41) is 34.7. The fraction of sp³-hybridized carbons (Fsp3) is 0.771. The summed E-state index contributed by atoms with van der Waals surface area (Å²) in [5.74, 6) is -0.786. The number of esters is 1. The third kappa shape index (κ3) is 12.1. The van der Waals surface area contributed by atoms with Crippen LogP contribution in [0.1, 0.15) is 86.5 Å². The molecule has 3 rings (SSSR count). The standard InChI is InChI=1S/C35H58N2O8/c1-8-28(39)25(5)33-30(43-33)21-35(6,42)17-9-10-23(3)32-24(4)12-14-29(22(2)11-13-27(38)20-31(40)45-32)44-34(41)36-26-15-18-37(7)19-16-26/h9-10,12,14,17,22,24-30,32-33,38-39,42H,8,11,13,15-16,18-21H2,1-7H3,(H,36,41)/b14-12+,17-9+,23-10+. The van der Waals surface area contributed by atoms with Crippen molar-refractivity contribution in [2.45, 2.75) is 135 Å². The van der Waals surface area contributed by atoms with Gasteiger partial charge < -0.3 is 39.7 Å². The van der Waals surface area contributed by atoms with Crippen LogP contribution < -0.4 is 5.32 Å². The largest absolute Gasteiger partial charge is 0.457 e. The monoisotopic (exact) mass is 634 g/mol. The van der Waals surface area contributed by atoms with Crippen LogP contribution in [0.25, 0.3) is 0 Å². The molecule has 256 valence electrons. The van der Waals surface area contributed by atoms with E-state index in [9.17, 15) is 24.9 Å². The zero-order valence-corrected chi connectivity index (χ0v) is 28.4. The number of aliphatic hydroxyl groups excluding tert-OH is 2. The number of alkyl carbamates (subject to hydrolysis) is 1. The highest BCUT2D eigenvalue weighted by Gasteiger charge is 2.47. The Balaban J connectivity index is 1.68. The van der Waals surface area contributed by atoms with Gasteiger partial charge in [0.15, 0.2) is 0 Å². The van der Waals surface area contributed by atoms with Gasteiger partial charge in [0, 0.05) is 24.3 Å². The van der Waals surface area contributed by atoms with Crippen LogP contribution in [0.5, 0.6) is 0 Å². The van der Waals surface area contributed by atoms with Gasteiger partial charge in [-0.3, -0.25) is 4.79 Å². The summed E-state index contributed by atoms with van der Waals surface area (Å²) >= 11 is 0. The second kappa shape index (κ2) is 17.1. The van der Waals surface area contributed by atoms with E-state index >= 15 is 0 Å². The first-order chi connectivity index (χ1) is 21.2. The van der Waals surface area contributed by atoms with Crippen molar-refractivity contribution in [3.63, 3.8) is 0 Å². The molecular formula is C35H58N2O8. The summed E-state index contributed by atoms with van der Waals surface area (Å²) in [7, 11) is 2.07. The number of hydrogen-bond acceptors (Lipinski definition) is 9. The van der Waals surface area contributed by atoms with Gasteiger partial charge in [0.25, 0.3) is 0 Å². The summed E-state index contributed by atoms with van der Waals surface area (Å²) in [4.78, 5) is 27.9. The second-order valence-corrected chi connectivity index (χ2v) is 14.0. The minimum absolute atomic E-state index is 0.00677. The van der Waals surface area contributed by atoms with Crippen LogP contribution in [-0.4, -0.2) is 101 Å². The lowest BCUT2D eigenvalue weighted by atomic mass is 9.91. The number of allylic oxidation sites excluding steroid dienone is 2. The highest BCUT2D eigenvalue weighted by atomic mass is 16.6. The number of epoxide rings is 1. The Morgan fingerprint density at radius 2 is 1.91 bits per heavy atom. The number of carbonyl (C=O) groups excluding carboxylic acids is 2. The Bertz CT molecular complexity index is 1050. The van der Waals surface area contributed by atoms with Crippen LogP contribution in [0, 0.1) is 17.8 Å². The maximum atomic E-state index is 12.9. The average molecular weight is 635 g/mol. The molecule has 10 atom stereocenters. The fourth-order valence-electron chi connectivity index (χ4n) is 6.28. The van der Waals surface area contributed by atoms with Crippen LogP contribution in [0.15, 0.2) is 36.0 Å². The number of aliphatic hydroxyl groups is 3. The molecule has 0 spiro atoms. The summed E-state index contributed by atoms with van der Waals surface area (Å²) in [6.07, 6.45) is 9.71. The average Bonchev–Trinajstić information content (AvgIpc) is 3.74. The molecule has 10 nitrogen and oxygen atoms in total. The molecule has 0 saturated carbocycles. The van der Waals surface area contributed by atoms with Gasteiger partial charge in [0.05, 0.1) is 36.4 Å². The number of rotatable bonds is 10. The molecule has 0 radical (unpaired) electrons. The van der Waals surface area contributed by atoms with E-state index in [4.69, 9.17) is 14.2 Å². The van der Waals surface area contributed by atoms with Gasteiger partial charge in [-0.05, 0) is 83.7 Å². The van der Waals surface area contributed by atoms with Crippen LogP contribution in [0.3, 0.4) is 0 Å². The molecule has 4 N–H and O–H groups in total. The molecule has 10 unspecified atom stereocenters. The molecule has 10 heteroatoms. The van der Waals surface area contributed by atoms with Crippen LogP contribution in [0.2, 0.25) is 0 Å². The first-order valence-corrected chi connectivity index (χ1v) is 16.8. The summed E-state index contributed by atoms with van der Waals surface area (Å²) in [6.45, 7) is 13.3. The van der Waals surface area contributed by atoms with Crippen molar-refractivity contribution in [1.82, 2.24) is 10.2 Å². The Hall–Kier alpha value is -2.24. The predicted octanol–water partition coefficient (Wildman–Crippen LogP) is 4.28. The maximum absolute atomic E-state index is 12.9. The molecule has 2 fully saturated rings. The molecule has 0 aliphatic carbocycles. The lowest BCUT2D eigenvalue weighted by Crippen LogP contribution is -2.44. The van der Waals surface area contributed by atoms with E-state index in [-0.39, 0.29) is 42.4 Å². The molecule has 3 heterocycles. The number of carbonyl (C=O) groups is 2. The number of amides is 1. The molecule has 3 aliphatic heterocycles. The third-order valence-electron chi connectivity index (χ3n) is 9.59. The third-order valence-corrected chi connectivity index (χ3v) is 9.59. The molecule has 0 bridgehead atoms. The molecule has 2 saturated heterocycles. The van der Waals surface area contributed by atoms with Crippen molar-refractivity contribution >= 4 is 12.1 Å². The van der Waals surface area contributed by atoms with Gasteiger partial charge in [-0.15, -0.1) is 0 Å². The van der Waals surface area contributed by atoms with Gasteiger partial charge in [-0.1, -0.05) is 52.0 Å². The van der Waals surface area contributed by atoms with E-state index in [1.807, 2.05) is 52.8 Å². The maximum Gasteiger partial charge on any atom is 0.407 e. The Labute approximate surface area is 269 Å². The fourth-order valence-corrected chi connectivity index (χ4v) is 6.28. The van der Waals surface area contributed by atoms with E-state index in [1.165, 1.54) is 0 Å². The highest BCUT2D eigenvalue weighted by molar-refractivity contribution is 5.70. The number of cyclic esters (lactones) is 1. The van der Waals surface area contributed by atoms with Crippen molar-refractivity contribution in [1.29, 1.82) is 0 Å². The smallest absolute Gasteiger partial charge is 0.407 e. The molecule has 0 aromatic heterocycles. The molecule has 3 aliphatic rings. The normalized spacial score (nSPS) is 34.5. The number of likely N-dealkylation sites (tertiary alicyclic amines) is 1. The van der Waals surface area contributed by atoms with E-state index in [0.29, 0.717) is 25.7 Å². The van der Waals surface area contributed by atoms with E-state index in [1.54, 1.807) is 19.1 Å². The molecule has 1 amide bonds. The molecular weight excluding hydrogens is 576 g/mol. The Morgan fingerprint density at radius 1 is 1.22 bits per heavy atom.